The van der Waals surface area contributed by atoms with E-state index in [0.717, 1.165) is 62.8 Å². The van der Waals surface area contributed by atoms with Crippen LogP contribution in [0.1, 0.15) is 57.9 Å². The van der Waals surface area contributed by atoms with Gasteiger partial charge >= 0.3 is 0 Å². The number of hydrogen-bond acceptors (Lipinski definition) is 6. The molecule has 0 N–H and O–H groups in total. The number of anilines is 1. The van der Waals surface area contributed by atoms with Crippen LogP contribution >= 0.6 is 0 Å². The quantitative estimate of drug-likeness (QED) is 0.232. The van der Waals surface area contributed by atoms with Crippen molar-refractivity contribution >= 4 is 15.8 Å². The molecule has 0 aliphatic heterocycles. The third-order valence-electron chi connectivity index (χ3n) is 8.46. The molecule has 4 aliphatic carbocycles. The van der Waals surface area contributed by atoms with E-state index in [1.54, 1.807) is 12.1 Å². The van der Waals surface area contributed by atoms with Crippen molar-refractivity contribution in [1.82, 2.24) is 0 Å². The van der Waals surface area contributed by atoms with Gasteiger partial charge in [-0.25, -0.2) is 8.42 Å². The lowest BCUT2D eigenvalue weighted by Crippen LogP contribution is -2.64. The molecule has 0 atom stereocenters. The average molecular weight is 545 g/mol. The van der Waals surface area contributed by atoms with Gasteiger partial charge < -0.3 is 18.9 Å². The zero-order valence-corrected chi connectivity index (χ0v) is 24.0. The summed E-state index contributed by atoms with van der Waals surface area (Å²) in [7, 11) is -4.27. The van der Waals surface area contributed by atoms with E-state index in [4.69, 9.17) is 9.47 Å². The number of ether oxygens (including phenoxy) is 2. The number of rotatable bonds is 11. The first-order valence-corrected chi connectivity index (χ1v) is 15.6. The minimum absolute atomic E-state index is 0.178. The van der Waals surface area contributed by atoms with Gasteiger partial charge in [-0.1, -0.05) is 17.7 Å². The number of nitrogens with zero attached hydrogens (tertiary/aromatic N) is 2. The Labute approximate surface area is 228 Å². The van der Waals surface area contributed by atoms with E-state index in [2.05, 4.69) is 47.8 Å². The summed E-state index contributed by atoms with van der Waals surface area (Å²) in [5, 5.41) is 0. The summed E-state index contributed by atoms with van der Waals surface area (Å²) in [6.07, 6.45) is 13.4. The van der Waals surface area contributed by atoms with Crippen LogP contribution in [-0.2, 0) is 25.1 Å². The SMILES string of the molecule is CCOCCN(CCOCC)c1cc[n+](C23CC4CC(CC(C4)C2)C3)cc1.Cc1ccc(S(=O)(=O)[O-])cc1. The van der Waals surface area contributed by atoms with E-state index in [1.807, 2.05) is 6.92 Å². The fraction of sp³-hybridized carbons (Fsp3) is 0.633. The zero-order chi connectivity index (χ0) is 27.2. The van der Waals surface area contributed by atoms with Crippen LogP contribution in [0.25, 0.3) is 0 Å². The van der Waals surface area contributed by atoms with Gasteiger partial charge in [0.25, 0.3) is 0 Å². The van der Waals surface area contributed by atoms with Crippen molar-refractivity contribution in [3.05, 3.63) is 54.4 Å². The Morgan fingerprint density at radius 1 is 0.868 bits per heavy atom. The summed E-state index contributed by atoms with van der Waals surface area (Å²) >= 11 is 0. The third-order valence-corrected chi connectivity index (χ3v) is 9.31. The van der Waals surface area contributed by atoms with Gasteiger partial charge in [-0.3, -0.25) is 0 Å². The van der Waals surface area contributed by atoms with Crippen molar-refractivity contribution in [3.8, 4) is 0 Å². The molecule has 0 radical (unpaired) electrons. The van der Waals surface area contributed by atoms with Crippen LogP contribution in [0.5, 0.6) is 0 Å². The number of aryl methyl sites for hydroxylation is 1. The van der Waals surface area contributed by atoms with Gasteiger partial charge in [0.1, 0.15) is 10.1 Å². The molecule has 6 rings (SSSR count). The Bertz CT molecular complexity index is 1070. The standard InChI is InChI=1S/C23H37N2O2.C7H8O3S/c1-3-26-11-9-24(10-12-27-4-2)22-5-7-25(8-6-22)23-16-19-13-20(17-23)15-21(14-19)18-23;1-6-2-4-7(5-3-6)11(8,9)10/h5-8,19-21H,3-4,9-18H2,1-2H3;2-5H,1H3,(H,8,9,10)/q+1;/p-1. The molecule has 1 aromatic heterocycles. The van der Waals surface area contributed by atoms with Crippen LogP contribution in [0, 0.1) is 24.7 Å². The number of benzene rings is 1. The second-order valence-electron chi connectivity index (χ2n) is 11.3. The van der Waals surface area contributed by atoms with Gasteiger partial charge in [-0.2, -0.15) is 4.57 Å². The molecular weight excluding hydrogens is 500 g/mol. The molecule has 1 aromatic carbocycles. The normalized spacial score (nSPS) is 25.6. The topological polar surface area (TPSA) is 82.8 Å². The highest BCUT2D eigenvalue weighted by molar-refractivity contribution is 7.85. The largest absolute Gasteiger partial charge is 0.744 e. The van der Waals surface area contributed by atoms with Gasteiger partial charge in [0, 0.05) is 63.4 Å². The highest BCUT2D eigenvalue weighted by Crippen LogP contribution is 2.56. The molecule has 8 heteroatoms. The van der Waals surface area contributed by atoms with Crippen molar-refractivity contribution in [1.29, 1.82) is 0 Å². The third kappa shape index (κ3) is 7.34. The Kier molecular flexibility index (Phi) is 9.84. The molecule has 38 heavy (non-hydrogen) atoms. The average Bonchev–Trinajstić information content (AvgIpc) is 2.87. The van der Waals surface area contributed by atoms with Gasteiger partial charge in [0.05, 0.1) is 18.1 Å². The molecule has 0 saturated heterocycles. The van der Waals surface area contributed by atoms with Crippen molar-refractivity contribution in [2.24, 2.45) is 17.8 Å². The van der Waals surface area contributed by atoms with Crippen molar-refractivity contribution < 1.29 is 27.0 Å². The molecule has 0 amide bonds. The fourth-order valence-electron chi connectivity index (χ4n) is 7.04. The smallest absolute Gasteiger partial charge is 0.171 e. The Morgan fingerprint density at radius 3 is 1.76 bits per heavy atom. The summed E-state index contributed by atoms with van der Waals surface area (Å²) in [5.41, 5.74) is 2.63. The molecular formula is C30H44N2O5S. The Balaban J connectivity index is 0.000000257. The first-order chi connectivity index (χ1) is 18.2. The first-order valence-electron chi connectivity index (χ1n) is 14.2. The molecule has 7 nitrogen and oxygen atoms in total. The molecule has 0 spiro atoms. The molecule has 4 saturated carbocycles. The van der Waals surface area contributed by atoms with Crippen LogP contribution < -0.4 is 9.47 Å². The number of pyridine rings is 1. The molecule has 2 aromatic rings. The Hall–Kier alpha value is -2.00. The predicted molar refractivity (Wildman–Crippen MR) is 147 cm³/mol. The van der Waals surface area contributed by atoms with E-state index in [9.17, 15) is 13.0 Å². The summed E-state index contributed by atoms with van der Waals surface area (Å²) in [5.74, 6) is 2.95. The second-order valence-corrected chi connectivity index (χ2v) is 12.6. The van der Waals surface area contributed by atoms with Crippen LogP contribution in [0.3, 0.4) is 0 Å². The van der Waals surface area contributed by atoms with Gasteiger partial charge in [0.2, 0.25) is 0 Å². The molecule has 4 fully saturated rings. The summed E-state index contributed by atoms with van der Waals surface area (Å²) < 4.78 is 44.9. The highest BCUT2D eigenvalue weighted by Gasteiger charge is 2.56. The van der Waals surface area contributed by atoms with Crippen LogP contribution in [0.15, 0.2) is 53.7 Å². The number of aromatic nitrogens is 1. The molecule has 4 bridgehead atoms. The van der Waals surface area contributed by atoms with Crippen molar-refractivity contribution in [2.75, 3.05) is 44.4 Å². The van der Waals surface area contributed by atoms with E-state index in [-0.39, 0.29) is 4.90 Å². The monoisotopic (exact) mass is 544 g/mol. The maximum atomic E-state index is 10.4. The van der Waals surface area contributed by atoms with Crippen molar-refractivity contribution in [3.63, 3.8) is 0 Å². The van der Waals surface area contributed by atoms with Gasteiger partial charge in [-0.15, -0.1) is 0 Å². The zero-order valence-electron chi connectivity index (χ0n) is 23.2. The van der Waals surface area contributed by atoms with E-state index < -0.39 is 10.1 Å². The van der Waals surface area contributed by atoms with Crippen LogP contribution in [-0.4, -0.2) is 52.5 Å². The number of hydrogen-bond donors (Lipinski definition) is 0. The molecule has 4 aliphatic rings. The summed E-state index contributed by atoms with van der Waals surface area (Å²) in [6, 6.07) is 10.4. The molecule has 1 heterocycles. The second kappa shape index (κ2) is 12.9. The molecule has 0 unspecified atom stereocenters. The lowest BCUT2D eigenvalue weighted by atomic mass is 9.53. The van der Waals surface area contributed by atoms with E-state index >= 15 is 0 Å². The lowest BCUT2D eigenvalue weighted by molar-refractivity contribution is -0.776. The summed E-state index contributed by atoms with van der Waals surface area (Å²) in [4.78, 5) is 2.22. The van der Waals surface area contributed by atoms with E-state index in [0.29, 0.717) is 5.54 Å². The maximum Gasteiger partial charge on any atom is 0.171 e. The fourth-order valence-corrected chi connectivity index (χ4v) is 7.51. The lowest BCUT2D eigenvalue weighted by Gasteiger charge is -2.53. The summed E-state index contributed by atoms with van der Waals surface area (Å²) in [6.45, 7) is 10.9. The Morgan fingerprint density at radius 2 is 1.34 bits per heavy atom. The van der Waals surface area contributed by atoms with E-state index in [1.165, 1.54) is 56.3 Å². The van der Waals surface area contributed by atoms with Gasteiger partial charge in [0.15, 0.2) is 17.9 Å². The van der Waals surface area contributed by atoms with Crippen LogP contribution in [0.2, 0.25) is 0 Å². The van der Waals surface area contributed by atoms with Crippen molar-refractivity contribution in [2.45, 2.75) is 69.7 Å². The maximum absolute atomic E-state index is 10.4. The van der Waals surface area contributed by atoms with Crippen LogP contribution in [0.4, 0.5) is 5.69 Å². The first kappa shape index (κ1) is 29.0. The minimum atomic E-state index is -4.27. The van der Waals surface area contributed by atoms with Gasteiger partial charge in [-0.05, 0) is 69.9 Å². The highest BCUT2D eigenvalue weighted by atomic mass is 32.2. The molecule has 210 valence electrons. The minimum Gasteiger partial charge on any atom is -0.744 e. The predicted octanol–water partition coefficient (Wildman–Crippen LogP) is 4.68.